The van der Waals surface area contributed by atoms with Crippen molar-refractivity contribution >= 4 is 29.2 Å². The molecule has 6 heterocycles. The number of hydrogen-bond donors (Lipinski definition) is 1. The lowest BCUT2D eigenvalue weighted by Crippen LogP contribution is -2.48. The average Bonchev–Trinajstić information content (AvgIpc) is 3.51. The maximum Gasteiger partial charge on any atom is 0.329 e. The molecule has 0 aromatic carbocycles. The standard InChI is InChI=1S/C24H25N7O/c32-24(28-21-5-1-2-11-25-21)31-18-10-14-30(16-18)20-8-7-19(27-23(20)31)17-6-9-22(26-15-17)29-12-3-4-13-29/h1-2,5-9,11,15,18H,3-4,10,12-14,16H2,(H,25,28,32)/t18-/m0/s1. The van der Waals surface area contributed by atoms with Crippen molar-refractivity contribution < 1.29 is 4.79 Å². The molecule has 8 nitrogen and oxygen atoms in total. The van der Waals surface area contributed by atoms with Gasteiger partial charge in [0.15, 0.2) is 5.82 Å². The van der Waals surface area contributed by atoms with Crippen LogP contribution in [-0.2, 0) is 0 Å². The molecule has 0 aliphatic carbocycles. The van der Waals surface area contributed by atoms with E-state index in [4.69, 9.17) is 4.98 Å². The van der Waals surface area contributed by atoms with Crippen LogP contribution < -0.4 is 20.0 Å². The summed E-state index contributed by atoms with van der Waals surface area (Å²) >= 11 is 0. The van der Waals surface area contributed by atoms with E-state index in [0.29, 0.717) is 11.6 Å². The predicted molar refractivity (Wildman–Crippen MR) is 125 cm³/mol. The first-order valence-electron chi connectivity index (χ1n) is 11.2. The quantitative estimate of drug-likeness (QED) is 0.686. The fourth-order valence-electron chi connectivity index (χ4n) is 4.91. The van der Waals surface area contributed by atoms with Gasteiger partial charge < -0.3 is 9.80 Å². The summed E-state index contributed by atoms with van der Waals surface area (Å²) in [4.78, 5) is 33.6. The Hall–Kier alpha value is -3.68. The van der Waals surface area contributed by atoms with Gasteiger partial charge in [-0.25, -0.2) is 19.7 Å². The van der Waals surface area contributed by atoms with E-state index in [9.17, 15) is 4.79 Å². The Labute approximate surface area is 186 Å². The van der Waals surface area contributed by atoms with Crippen molar-refractivity contribution in [2.75, 3.05) is 46.2 Å². The van der Waals surface area contributed by atoms with Crippen LogP contribution in [0.5, 0.6) is 0 Å². The molecule has 1 atom stereocenters. The zero-order valence-electron chi connectivity index (χ0n) is 17.8. The molecule has 0 radical (unpaired) electrons. The normalized spacial score (nSPS) is 19.2. The van der Waals surface area contributed by atoms with Crippen LogP contribution in [0.1, 0.15) is 19.3 Å². The van der Waals surface area contributed by atoms with E-state index in [0.717, 1.165) is 55.4 Å². The first kappa shape index (κ1) is 19.0. The number of aromatic nitrogens is 3. The molecule has 6 rings (SSSR count). The van der Waals surface area contributed by atoms with Gasteiger partial charge in [0.25, 0.3) is 0 Å². The van der Waals surface area contributed by atoms with E-state index < -0.39 is 0 Å². The van der Waals surface area contributed by atoms with Crippen LogP contribution in [0.2, 0.25) is 0 Å². The minimum absolute atomic E-state index is 0.102. The largest absolute Gasteiger partial charge is 0.366 e. The lowest BCUT2D eigenvalue weighted by Gasteiger charge is -2.35. The maximum absolute atomic E-state index is 13.3. The molecule has 2 amide bonds. The Morgan fingerprint density at radius 3 is 2.66 bits per heavy atom. The van der Waals surface area contributed by atoms with Crippen LogP contribution in [0.15, 0.2) is 54.9 Å². The monoisotopic (exact) mass is 427 g/mol. The van der Waals surface area contributed by atoms with Crippen molar-refractivity contribution in [1.82, 2.24) is 15.0 Å². The molecule has 2 fully saturated rings. The SMILES string of the molecule is O=C(Nc1ccccn1)N1c2nc(-c3ccc(N4CCCC4)nc3)ccc2N2CC[C@H]1C2. The fraction of sp³-hybridized carbons (Fsp3) is 0.333. The Kier molecular flexibility index (Phi) is 4.63. The Balaban J connectivity index is 1.32. The summed E-state index contributed by atoms with van der Waals surface area (Å²) in [5, 5.41) is 2.93. The summed E-state index contributed by atoms with van der Waals surface area (Å²) in [5.41, 5.74) is 2.77. The molecule has 0 saturated carbocycles. The zero-order valence-corrected chi connectivity index (χ0v) is 17.8. The summed E-state index contributed by atoms with van der Waals surface area (Å²) in [7, 11) is 0. The van der Waals surface area contributed by atoms with Gasteiger partial charge in [-0.2, -0.15) is 0 Å². The second-order valence-corrected chi connectivity index (χ2v) is 8.54. The van der Waals surface area contributed by atoms with Gasteiger partial charge in [-0.05, 0) is 55.7 Å². The highest BCUT2D eigenvalue weighted by Gasteiger charge is 2.40. The highest BCUT2D eigenvalue weighted by Crippen LogP contribution is 2.40. The third-order valence-corrected chi connectivity index (χ3v) is 6.54. The van der Waals surface area contributed by atoms with E-state index in [1.807, 2.05) is 29.3 Å². The smallest absolute Gasteiger partial charge is 0.329 e. The summed E-state index contributed by atoms with van der Waals surface area (Å²) in [6.45, 7) is 3.90. The van der Waals surface area contributed by atoms with E-state index >= 15 is 0 Å². The number of urea groups is 1. The van der Waals surface area contributed by atoms with Crippen LogP contribution in [0.25, 0.3) is 11.3 Å². The van der Waals surface area contributed by atoms with E-state index in [-0.39, 0.29) is 12.1 Å². The van der Waals surface area contributed by atoms with Gasteiger partial charge in [-0.3, -0.25) is 10.2 Å². The van der Waals surface area contributed by atoms with Gasteiger partial charge >= 0.3 is 6.03 Å². The molecular weight excluding hydrogens is 402 g/mol. The van der Waals surface area contributed by atoms with Gasteiger partial charge in [0.2, 0.25) is 0 Å². The molecule has 3 aromatic heterocycles. The van der Waals surface area contributed by atoms with Crippen LogP contribution in [-0.4, -0.2) is 53.2 Å². The van der Waals surface area contributed by atoms with Crippen LogP contribution in [0.4, 0.5) is 27.9 Å². The molecule has 3 aliphatic rings. The molecular formula is C24H25N7O. The van der Waals surface area contributed by atoms with Crippen molar-refractivity contribution in [3.05, 3.63) is 54.9 Å². The zero-order chi connectivity index (χ0) is 21.5. The molecule has 32 heavy (non-hydrogen) atoms. The molecule has 1 N–H and O–H groups in total. The minimum Gasteiger partial charge on any atom is -0.366 e. The summed E-state index contributed by atoms with van der Waals surface area (Å²) in [5.74, 6) is 2.26. The summed E-state index contributed by atoms with van der Waals surface area (Å²) in [6, 6.07) is 13.6. The number of fused-ring (bicyclic) bond motifs is 4. The number of nitrogens with one attached hydrogen (secondary N) is 1. The predicted octanol–water partition coefficient (Wildman–Crippen LogP) is 3.77. The highest BCUT2D eigenvalue weighted by molar-refractivity contribution is 6.04. The first-order valence-corrected chi connectivity index (χ1v) is 11.2. The third-order valence-electron chi connectivity index (χ3n) is 6.54. The molecule has 3 aliphatic heterocycles. The van der Waals surface area contributed by atoms with Crippen molar-refractivity contribution in [3.8, 4) is 11.3 Å². The van der Waals surface area contributed by atoms with E-state index in [2.05, 4.69) is 43.3 Å². The maximum atomic E-state index is 13.3. The summed E-state index contributed by atoms with van der Waals surface area (Å²) < 4.78 is 0. The Morgan fingerprint density at radius 1 is 0.969 bits per heavy atom. The van der Waals surface area contributed by atoms with Crippen LogP contribution in [0.3, 0.4) is 0 Å². The van der Waals surface area contributed by atoms with Gasteiger partial charge in [-0.1, -0.05) is 6.07 Å². The number of carbonyl (C=O) groups excluding carboxylic acids is 1. The third kappa shape index (κ3) is 3.32. The fourth-order valence-corrected chi connectivity index (χ4v) is 4.91. The van der Waals surface area contributed by atoms with Gasteiger partial charge in [-0.15, -0.1) is 0 Å². The second-order valence-electron chi connectivity index (χ2n) is 8.54. The van der Waals surface area contributed by atoms with Gasteiger partial charge in [0, 0.05) is 44.1 Å². The highest BCUT2D eigenvalue weighted by atomic mass is 16.2. The number of rotatable bonds is 3. The van der Waals surface area contributed by atoms with E-state index in [1.54, 1.807) is 12.3 Å². The topological polar surface area (TPSA) is 77.5 Å². The molecule has 8 heteroatoms. The molecule has 162 valence electrons. The van der Waals surface area contributed by atoms with Crippen molar-refractivity contribution in [3.63, 3.8) is 0 Å². The number of amides is 2. The minimum atomic E-state index is -0.191. The van der Waals surface area contributed by atoms with Crippen molar-refractivity contribution in [2.45, 2.75) is 25.3 Å². The van der Waals surface area contributed by atoms with Gasteiger partial charge in [0.05, 0.1) is 17.4 Å². The average molecular weight is 428 g/mol. The Bertz CT molecular complexity index is 1130. The molecule has 0 unspecified atom stereocenters. The van der Waals surface area contributed by atoms with Crippen LogP contribution in [0, 0.1) is 0 Å². The first-order chi connectivity index (χ1) is 15.8. The summed E-state index contributed by atoms with van der Waals surface area (Å²) in [6.07, 6.45) is 6.94. The number of nitrogens with zero attached hydrogens (tertiary/aromatic N) is 6. The molecule has 3 aromatic rings. The Morgan fingerprint density at radius 2 is 1.88 bits per heavy atom. The number of hydrogen-bond acceptors (Lipinski definition) is 6. The lowest BCUT2D eigenvalue weighted by molar-refractivity contribution is 0.254. The van der Waals surface area contributed by atoms with Gasteiger partial charge in [0.1, 0.15) is 11.6 Å². The molecule has 2 bridgehead atoms. The number of pyridine rings is 3. The van der Waals surface area contributed by atoms with Crippen molar-refractivity contribution in [1.29, 1.82) is 0 Å². The van der Waals surface area contributed by atoms with E-state index in [1.165, 1.54) is 12.8 Å². The molecule has 0 spiro atoms. The number of carbonyl (C=O) groups is 1. The molecule has 2 saturated heterocycles. The van der Waals surface area contributed by atoms with Crippen molar-refractivity contribution in [2.24, 2.45) is 0 Å². The lowest BCUT2D eigenvalue weighted by atomic mass is 10.1. The second kappa shape index (κ2) is 7.78. The number of anilines is 4. The van der Waals surface area contributed by atoms with Crippen LogP contribution >= 0.6 is 0 Å².